The van der Waals surface area contributed by atoms with Crippen LogP contribution in [0.4, 0.5) is 0 Å². The normalized spacial score (nSPS) is 18.1. The van der Waals surface area contributed by atoms with Crippen LogP contribution < -0.4 is 0 Å². The van der Waals surface area contributed by atoms with Gasteiger partial charge in [-0.05, 0) is 18.4 Å². The Labute approximate surface area is 55.1 Å². The van der Waals surface area contributed by atoms with E-state index in [0.29, 0.717) is 0 Å². The first-order valence-electron chi connectivity index (χ1n) is 3.30. The Morgan fingerprint density at radius 1 is 1.67 bits per heavy atom. The molecule has 0 fully saturated rings. The summed E-state index contributed by atoms with van der Waals surface area (Å²) in [6.45, 7) is 1.83. The van der Waals surface area contributed by atoms with Gasteiger partial charge in [-0.3, -0.25) is 0 Å². The largest absolute Gasteiger partial charge is 0.396 e. The minimum atomic E-state index is 0.289. The second-order valence-corrected chi connectivity index (χ2v) is 2.20. The van der Waals surface area contributed by atoms with Gasteiger partial charge >= 0.3 is 0 Å². The number of hydrogen-bond acceptors (Lipinski definition) is 2. The summed E-state index contributed by atoms with van der Waals surface area (Å²) >= 11 is 0. The van der Waals surface area contributed by atoms with Gasteiger partial charge in [0.05, 0.1) is 13.2 Å². The zero-order chi connectivity index (χ0) is 6.53. The maximum atomic E-state index is 8.46. The van der Waals surface area contributed by atoms with Crippen molar-refractivity contribution in [3.63, 3.8) is 0 Å². The molecule has 0 bridgehead atoms. The third-order valence-electron chi connectivity index (χ3n) is 1.43. The molecule has 0 aromatic heterocycles. The van der Waals surface area contributed by atoms with Crippen LogP contribution in [0.25, 0.3) is 0 Å². The first kappa shape index (κ1) is 6.78. The lowest BCUT2D eigenvalue weighted by molar-refractivity contribution is 0.205. The maximum Gasteiger partial charge on any atom is 0.0681 e. The maximum absolute atomic E-state index is 8.46. The third-order valence-corrected chi connectivity index (χ3v) is 1.43. The smallest absolute Gasteiger partial charge is 0.0681 e. The van der Waals surface area contributed by atoms with Crippen molar-refractivity contribution in [1.82, 2.24) is 0 Å². The zero-order valence-corrected chi connectivity index (χ0v) is 5.47. The van der Waals surface area contributed by atoms with Crippen LogP contribution in [0.15, 0.2) is 11.6 Å². The molecule has 0 amide bonds. The molecule has 2 nitrogen and oxygen atoms in total. The number of hydrogen-bond donors (Lipinski definition) is 1. The van der Waals surface area contributed by atoms with Crippen molar-refractivity contribution in [1.29, 1.82) is 0 Å². The molecule has 1 aliphatic rings. The minimum Gasteiger partial charge on any atom is -0.396 e. The van der Waals surface area contributed by atoms with Crippen LogP contribution in [0.5, 0.6) is 0 Å². The summed E-state index contributed by atoms with van der Waals surface area (Å²) in [6, 6.07) is 0. The third kappa shape index (κ3) is 2.16. The van der Waals surface area contributed by atoms with E-state index in [-0.39, 0.29) is 6.61 Å². The van der Waals surface area contributed by atoms with E-state index in [0.717, 1.165) is 26.1 Å². The summed E-state index contributed by atoms with van der Waals surface area (Å²) in [6.07, 6.45) is 3.96. The molecule has 0 spiro atoms. The van der Waals surface area contributed by atoms with E-state index in [4.69, 9.17) is 9.84 Å². The lowest BCUT2D eigenvalue weighted by Gasteiger charge is -1.96. The SMILES string of the molecule is OCCCC1=CCOC1. The predicted octanol–water partition coefficient (Wildman–Crippen LogP) is 0.716. The monoisotopic (exact) mass is 128 g/mol. The number of ether oxygens (including phenoxy) is 1. The fraction of sp³-hybridized carbons (Fsp3) is 0.714. The summed E-state index contributed by atoms with van der Waals surface area (Å²) in [7, 11) is 0. The van der Waals surface area contributed by atoms with Gasteiger partial charge in [0, 0.05) is 6.61 Å². The number of rotatable bonds is 3. The van der Waals surface area contributed by atoms with Crippen LogP contribution in [-0.4, -0.2) is 24.9 Å². The van der Waals surface area contributed by atoms with Gasteiger partial charge in [0.1, 0.15) is 0 Å². The highest BCUT2D eigenvalue weighted by Gasteiger charge is 2.02. The van der Waals surface area contributed by atoms with Crippen molar-refractivity contribution in [3.8, 4) is 0 Å². The molecule has 1 heterocycles. The lowest BCUT2D eigenvalue weighted by Crippen LogP contribution is -1.89. The summed E-state index contributed by atoms with van der Waals surface area (Å²) in [4.78, 5) is 0. The van der Waals surface area contributed by atoms with Crippen molar-refractivity contribution >= 4 is 0 Å². The highest BCUT2D eigenvalue weighted by molar-refractivity contribution is 5.06. The van der Waals surface area contributed by atoms with E-state index in [2.05, 4.69) is 6.08 Å². The van der Waals surface area contributed by atoms with Crippen molar-refractivity contribution in [2.75, 3.05) is 19.8 Å². The predicted molar refractivity (Wildman–Crippen MR) is 35.2 cm³/mol. The van der Waals surface area contributed by atoms with Crippen molar-refractivity contribution in [2.45, 2.75) is 12.8 Å². The van der Waals surface area contributed by atoms with Gasteiger partial charge in [-0.15, -0.1) is 0 Å². The lowest BCUT2D eigenvalue weighted by atomic mass is 10.2. The Morgan fingerprint density at radius 2 is 2.56 bits per heavy atom. The van der Waals surface area contributed by atoms with Crippen LogP contribution in [0, 0.1) is 0 Å². The molecule has 1 N–H and O–H groups in total. The van der Waals surface area contributed by atoms with Gasteiger partial charge in [0.15, 0.2) is 0 Å². The van der Waals surface area contributed by atoms with E-state index in [1.165, 1.54) is 5.57 Å². The summed E-state index contributed by atoms with van der Waals surface area (Å²) in [5.74, 6) is 0. The molecule has 9 heavy (non-hydrogen) atoms. The van der Waals surface area contributed by atoms with Gasteiger partial charge in [-0.2, -0.15) is 0 Å². The highest BCUT2D eigenvalue weighted by atomic mass is 16.5. The van der Waals surface area contributed by atoms with Crippen molar-refractivity contribution in [2.24, 2.45) is 0 Å². The van der Waals surface area contributed by atoms with E-state index < -0.39 is 0 Å². The molecule has 1 rings (SSSR count). The van der Waals surface area contributed by atoms with E-state index >= 15 is 0 Å². The molecule has 0 atom stereocenters. The molecular formula is C7H12O2. The fourth-order valence-corrected chi connectivity index (χ4v) is 0.906. The summed E-state index contributed by atoms with van der Waals surface area (Å²) in [5, 5.41) is 8.46. The van der Waals surface area contributed by atoms with Crippen molar-refractivity contribution in [3.05, 3.63) is 11.6 Å². The standard InChI is InChI=1S/C7H12O2/c8-4-1-2-7-3-5-9-6-7/h3,8H,1-2,4-6H2. The first-order chi connectivity index (χ1) is 4.43. The second kappa shape index (κ2) is 3.64. The van der Waals surface area contributed by atoms with Gasteiger partial charge in [0.25, 0.3) is 0 Å². The molecule has 0 saturated carbocycles. The molecule has 0 aromatic carbocycles. The molecule has 0 saturated heterocycles. The minimum absolute atomic E-state index is 0.289. The number of aliphatic hydroxyl groups is 1. The molecule has 0 radical (unpaired) electrons. The first-order valence-corrected chi connectivity index (χ1v) is 3.30. The summed E-state index contributed by atoms with van der Waals surface area (Å²) in [5.41, 5.74) is 1.34. The fourth-order valence-electron chi connectivity index (χ4n) is 0.906. The molecule has 2 heteroatoms. The molecule has 1 aliphatic heterocycles. The van der Waals surface area contributed by atoms with Crippen LogP contribution in [0.1, 0.15) is 12.8 Å². The van der Waals surface area contributed by atoms with Gasteiger partial charge in [-0.1, -0.05) is 6.08 Å². The topological polar surface area (TPSA) is 29.5 Å². The molecule has 52 valence electrons. The Kier molecular flexibility index (Phi) is 2.74. The van der Waals surface area contributed by atoms with Crippen LogP contribution in [-0.2, 0) is 4.74 Å². The van der Waals surface area contributed by atoms with E-state index in [9.17, 15) is 0 Å². The average Bonchev–Trinajstić information content (AvgIpc) is 2.34. The molecule has 0 unspecified atom stereocenters. The Morgan fingerprint density at radius 3 is 3.11 bits per heavy atom. The molecule has 0 aromatic rings. The van der Waals surface area contributed by atoms with E-state index in [1.54, 1.807) is 0 Å². The Hall–Kier alpha value is -0.340. The molecule has 0 aliphatic carbocycles. The highest BCUT2D eigenvalue weighted by Crippen LogP contribution is 2.09. The van der Waals surface area contributed by atoms with Gasteiger partial charge < -0.3 is 9.84 Å². The number of aliphatic hydroxyl groups excluding tert-OH is 1. The second-order valence-electron chi connectivity index (χ2n) is 2.20. The summed E-state index contributed by atoms with van der Waals surface area (Å²) < 4.78 is 5.08. The van der Waals surface area contributed by atoms with Gasteiger partial charge in [-0.25, -0.2) is 0 Å². The van der Waals surface area contributed by atoms with Crippen LogP contribution in [0.2, 0.25) is 0 Å². The Bertz CT molecular complexity index is 107. The Balaban J connectivity index is 2.11. The van der Waals surface area contributed by atoms with Crippen molar-refractivity contribution < 1.29 is 9.84 Å². The van der Waals surface area contributed by atoms with E-state index in [1.807, 2.05) is 0 Å². The molecular weight excluding hydrogens is 116 g/mol. The van der Waals surface area contributed by atoms with Crippen LogP contribution in [0.3, 0.4) is 0 Å². The van der Waals surface area contributed by atoms with Crippen LogP contribution >= 0.6 is 0 Å². The average molecular weight is 128 g/mol. The quantitative estimate of drug-likeness (QED) is 0.567. The zero-order valence-electron chi connectivity index (χ0n) is 5.47. The van der Waals surface area contributed by atoms with Gasteiger partial charge in [0.2, 0.25) is 0 Å².